The van der Waals surface area contributed by atoms with Crippen molar-refractivity contribution >= 4 is 11.2 Å². The molecule has 104 valence electrons. The number of nitrogens with zero attached hydrogens (tertiary/aromatic N) is 3. The number of aromatic nitrogens is 4. The standard InChI is InChI=1S/C11H17N5O3/c1-3-15-10(17)8-9(14-7(6-12)13-8)16(11(15)18)4-5-19-2/h3-6,12H2,1-2H3,(H,13,14). The van der Waals surface area contributed by atoms with Gasteiger partial charge in [-0.3, -0.25) is 13.9 Å². The molecular weight excluding hydrogens is 250 g/mol. The minimum absolute atomic E-state index is 0.179. The molecule has 2 aromatic rings. The van der Waals surface area contributed by atoms with Crippen molar-refractivity contribution in [3.8, 4) is 0 Å². The Balaban J connectivity index is 2.79. The monoisotopic (exact) mass is 267 g/mol. The lowest BCUT2D eigenvalue weighted by Gasteiger charge is -2.09. The number of hydrogen-bond acceptors (Lipinski definition) is 5. The molecule has 0 aromatic carbocycles. The third-order valence-corrected chi connectivity index (χ3v) is 2.94. The van der Waals surface area contributed by atoms with E-state index in [4.69, 9.17) is 10.5 Å². The Morgan fingerprint density at radius 1 is 1.37 bits per heavy atom. The molecule has 0 spiro atoms. The summed E-state index contributed by atoms with van der Waals surface area (Å²) in [5.41, 5.74) is 5.39. The highest BCUT2D eigenvalue weighted by molar-refractivity contribution is 5.69. The van der Waals surface area contributed by atoms with Crippen LogP contribution in [0.25, 0.3) is 11.2 Å². The summed E-state index contributed by atoms with van der Waals surface area (Å²) in [6.45, 7) is 2.93. The smallest absolute Gasteiger partial charge is 0.332 e. The van der Waals surface area contributed by atoms with Gasteiger partial charge < -0.3 is 15.5 Å². The number of hydrogen-bond donors (Lipinski definition) is 2. The fourth-order valence-electron chi connectivity index (χ4n) is 1.97. The molecule has 0 aliphatic rings. The Bertz CT molecular complexity index is 697. The van der Waals surface area contributed by atoms with Crippen molar-refractivity contribution in [2.45, 2.75) is 26.6 Å². The summed E-state index contributed by atoms with van der Waals surface area (Å²) in [6.07, 6.45) is 0. The average Bonchev–Trinajstić information content (AvgIpc) is 2.83. The molecule has 2 aromatic heterocycles. The maximum absolute atomic E-state index is 12.2. The van der Waals surface area contributed by atoms with E-state index in [1.54, 1.807) is 14.0 Å². The Morgan fingerprint density at radius 3 is 2.68 bits per heavy atom. The fraction of sp³-hybridized carbons (Fsp3) is 0.545. The van der Waals surface area contributed by atoms with E-state index in [0.717, 1.165) is 4.57 Å². The number of aromatic amines is 1. The molecule has 0 amide bonds. The highest BCUT2D eigenvalue weighted by Crippen LogP contribution is 2.05. The van der Waals surface area contributed by atoms with Crippen LogP contribution >= 0.6 is 0 Å². The SMILES string of the molecule is CCn1c(=O)c2[nH]c(CN)nc2n(CCOC)c1=O. The lowest BCUT2D eigenvalue weighted by Crippen LogP contribution is -2.40. The van der Waals surface area contributed by atoms with Gasteiger partial charge in [0.25, 0.3) is 5.56 Å². The molecule has 0 aliphatic heterocycles. The van der Waals surface area contributed by atoms with E-state index < -0.39 is 0 Å². The second kappa shape index (κ2) is 5.37. The molecule has 19 heavy (non-hydrogen) atoms. The van der Waals surface area contributed by atoms with E-state index in [9.17, 15) is 9.59 Å². The lowest BCUT2D eigenvalue weighted by molar-refractivity contribution is 0.186. The molecule has 2 rings (SSSR count). The van der Waals surface area contributed by atoms with Crippen LogP contribution in [-0.2, 0) is 24.4 Å². The molecule has 0 atom stereocenters. The van der Waals surface area contributed by atoms with Crippen molar-refractivity contribution in [3.63, 3.8) is 0 Å². The van der Waals surface area contributed by atoms with Gasteiger partial charge in [-0.15, -0.1) is 0 Å². The lowest BCUT2D eigenvalue weighted by atomic mass is 10.5. The molecule has 0 saturated heterocycles. The zero-order valence-electron chi connectivity index (χ0n) is 11.0. The third-order valence-electron chi connectivity index (χ3n) is 2.94. The molecule has 2 heterocycles. The van der Waals surface area contributed by atoms with Crippen LogP contribution in [0.3, 0.4) is 0 Å². The average molecular weight is 267 g/mol. The number of ether oxygens (including phenoxy) is 1. The number of rotatable bonds is 5. The summed E-state index contributed by atoms with van der Waals surface area (Å²) in [4.78, 5) is 31.4. The highest BCUT2D eigenvalue weighted by Gasteiger charge is 2.15. The van der Waals surface area contributed by atoms with E-state index in [1.807, 2.05) is 0 Å². The molecular formula is C11H17N5O3. The maximum atomic E-state index is 12.2. The first-order valence-electron chi connectivity index (χ1n) is 6.05. The quantitative estimate of drug-likeness (QED) is 0.723. The van der Waals surface area contributed by atoms with Crippen LogP contribution in [0.4, 0.5) is 0 Å². The molecule has 0 unspecified atom stereocenters. The zero-order chi connectivity index (χ0) is 14.0. The largest absolute Gasteiger partial charge is 0.383 e. The number of fused-ring (bicyclic) bond motifs is 1. The Morgan fingerprint density at radius 2 is 2.11 bits per heavy atom. The topological polar surface area (TPSA) is 108 Å². The van der Waals surface area contributed by atoms with E-state index in [0.29, 0.717) is 36.7 Å². The third kappa shape index (κ3) is 2.20. The van der Waals surface area contributed by atoms with Gasteiger partial charge in [-0.1, -0.05) is 0 Å². The summed E-state index contributed by atoms with van der Waals surface area (Å²) < 4.78 is 7.57. The first kappa shape index (κ1) is 13.5. The van der Waals surface area contributed by atoms with Crippen LogP contribution < -0.4 is 17.0 Å². The van der Waals surface area contributed by atoms with Gasteiger partial charge in [-0.2, -0.15) is 0 Å². The van der Waals surface area contributed by atoms with E-state index >= 15 is 0 Å². The molecule has 0 fully saturated rings. The van der Waals surface area contributed by atoms with Gasteiger partial charge in [0, 0.05) is 13.7 Å². The fourth-order valence-corrected chi connectivity index (χ4v) is 1.97. The number of nitrogens with two attached hydrogens (primary N) is 1. The first-order chi connectivity index (χ1) is 9.13. The second-order valence-electron chi connectivity index (χ2n) is 4.06. The Hall–Kier alpha value is -1.93. The zero-order valence-corrected chi connectivity index (χ0v) is 11.0. The van der Waals surface area contributed by atoms with Gasteiger partial charge in [-0.25, -0.2) is 9.78 Å². The van der Waals surface area contributed by atoms with Crippen molar-refractivity contribution in [2.75, 3.05) is 13.7 Å². The van der Waals surface area contributed by atoms with Crippen LogP contribution in [0.5, 0.6) is 0 Å². The van der Waals surface area contributed by atoms with Crippen LogP contribution in [-0.4, -0.2) is 32.8 Å². The maximum Gasteiger partial charge on any atom is 0.332 e. The second-order valence-corrected chi connectivity index (χ2v) is 4.06. The van der Waals surface area contributed by atoms with E-state index in [-0.39, 0.29) is 17.8 Å². The van der Waals surface area contributed by atoms with Crippen LogP contribution in [0, 0.1) is 0 Å². The van der Waals surface area contributed by atoms with Crippen LogP contribution in [0.15, 0.2) is 9.59 Å². The van der Waals surface area contributed by atoms with Gasteiger partial charge in [0.05, 0.1) is 19.7 Å². The predicted molar refractivity (Wildman–Crippen MR) is 70.1 cm³/mol. The highest BCUT2D eigenvalue weighted by atomic mass is 16.5. The van der Waals surface area contributed by atoms with Gasteiger partial charge in [0.15, 0.2) is 5.65 Å². The summed E-state index contributed by atoms with van der Waals surface area (Å²) in [7, 11) is 1.55. The first-order valence-corrected chi connectivity index (χ1v) is 6.05. The molecule has 0 radical (unpaired) electrons. The summed E-state index contributed by atoms with van der Waals surface area (Å²) >= 11 is 0. The van der Waals surface area contributed by atoms with Crippen molar-refractivity contribution in [3.05, 3.63) is 26.7 Å². The molecule has 0 bridgehead atoms. The minimum Gasteiger partial charge on any atom is -0.383 e. The summed E-state index contributed by atoms with van der Waals surface area (Å²) in [6, 6.07) is 0. The van der Waals surface area contributed by atoms with Crippen molar-refractivity contribution < 1.29 is 4.74 Å². The summed E-state index contributed by atoms with van der Waals surface area (Å²) in [5.74, 6) is 0.478. The Labute approximate surface area is 108 Å². The molecule has 3 N–H and O–H groups in total. The minimum atomic E-state index is -0.382. The normalized spacial score (nSPS) is 11.3. The van der Waals surface area contributed by atoms with Gasteiger partial charge in [0.1, 0.15) is 11.3 Å². The Kier molecular flexibility index (Phi) is 3.82. The van der Waals surface area contributed by atoms with Crippen molar-refractivity contribution in [1.82, 2.24) is 19.1 Å². The number of nitrogens with one attached hydrogen (secondary N) is 1. The summed E-state index contributed by atoms with van der Waals surface area (Å²) in [5, 5.41) is 0. The van der Waals surface area contributed by atoms with Gasteiger partial charge in [0.2, 0.25) is 0 Å². The number of methoxy groups -OCH3 is 1. The number of H-pyrrole nitrogens is 1. The van der Waals surface area contributed by atoms with Crippen molar-refractivity contribution in [2.24, 2.45) is 5.73 Å². The molecule has 0 saturated carbocycles. The molecule has 0 aliphatic carbocycles. The van der Waals surface area contributed by atoms with Crippen LogP contribution in [0.2, 0.25) is 0 Å². The van der Waals surface area contributed by atoms with E-state index in [1.165, 1.54) is 4.57 Å². The van der Waals surface area contributed by atoms with E-state index in [2.05, 4.69) is 9.97 Å². The predicted octanol–water partition coefficient (Wildman–Crippen LogP) is -0.989. The molecule has 8 heteroatoms. The van der Waals surface area contributed by atoms with Gasteiger partial charge in [-0.05, 0) is 6.92 Å². The van der Waals surface area contributed by atoms with Crippen molar-refractivity contribution in [1.29, 1.82) is 0 Å². The molecule has 8 nitrogen and oxygen atoms in total. The number of imidazole rings is 1. The van der Waals surface area contributed by atoms with Gasteiger partial charge >= 0.3 is 5.69 Å². The van der Waals surface area contributed by atoms with Crippen LogP contribution in [0.1, 0.15) is 12.7 Å².